The van der Waals surface area contributed by atoms with Gasteiger partial charge in [-0.2, -0.15) is 5.26 Å². The minimum Gasteiger partial charge on any atom is -0.493 e. The quantitative estimate of drug-likeness (QED) is 0.762. The predicted octanol–water partition coefficient (Wildman–Crippen LogP) is 2.55. The Morgan fingerprint density at radius 1 is 1.53 bits per heavy atom. The maximum absolute atomic E-state index is 12.3. The molecule has 0 saturated carbocycles. The van der Waals surface area contributed by atoms with Crippen LogP contribution < -0.4 is 14.2 Å². The van der Waals surface area contributed by atoms with Crippen LogP contribution >= 0.6 is 0 Å². The van der Waals surface area contributed by atoms with Crippen LogP contribution in [0.4, 0.5) is 0 Å². The van der Waals surface area contributed by atoms with Crippen molar-refractivity contribution >= 4 is 5.78 Å². The molecule has 5 heteroatoms. The second-order valence-electron chi connectivity index (χ2n) is 4.24. The van der Waals surface area contributed by atoms with E-state index >= 15 is 0 Å². The number of hydrogen-bond donors (Lipinski definition) is 0. The van der Waals surface area contributed by atoms with Gasteiger partial charge in [0.2, 0.25) is 12.5 Å². The maximum atomic E-state index is 12.3. The first kappa shape index (κ1) is 13.2. The number of rotatable bonds is 5. The van der Waals surface area contributed by atoms with Gasteiger partial charge in [0.05, 0.1) is 13.2 Å². The van der Waals surface area contributed by atoms with Crippen molar-refractivity contribution < 1.29 is 19.0 Å². The molecule has 0 spiro atoms. The van der Waals surface area contributed by atoms with Crippen molar-refractivity contribution in [3.63, 3.8) is 0 Å². The number of ether oxygens (including phenoxy) is 3. The second kappa shape index (κ2) is 5.61. The topological polar surface area (TPSA) is 68.6 Å². The summed E-state index contributed by atoms with van der Waals surface area (Å²) in [6, 6.07) is 5.32. The Hall–Kier alpha value is -2.22. The zero-order valence-corrected chi connectivity index (χ0v) is 10.9. The lowest BCUT2D eigenvalue weighted by Crippen LogP contribution is -2.13. The largest absolute Gasteiger partial charge is 0.493 e. The molecule has 1 heterocycles. The molecule has 0 bridgehead atoms. The Morgan fingerprint density at radius 3 is 2.95 bits per heavy atom. The van der Waals surface area contributed by atoms with E-state index in [9.17, 15) is 4.79 Å². The van der Waals surface area contributed by atoms with E-state index in [1.807, 2.05) is 13.0 Å². The van der Waals surface area contributed by atoms with Gasteiger partial charge in [-0.25, -0.2) is 0 Å². The standard InChI is InChI=1S/C14H15NO4/c1-3-9(4-5-15)13(16)10-6-11(17-2)14-12(7-10)18-8-19-14/h6-7,9H,3-4,8H2,1-2H3. The van der Waals surface area contributed by atoms with E-state index in [1.165, 1.54) is 7.11 Å². The van der Waals surface area contributed by atoms with E-state index in [-0.39, 0.29) is 24.9 Å². The number of Topliss-reactive ketones (excluding diaryl/α,β-unsaturated/α-hetero) is 1. The Labute approximate surface area is 111 Å². The highest BCUT2D eigenvalue weighted by Crippen LogP contribution is 2.42. The van der Waals surface area contributed by atoms with Crippen molar-refractivity contribution in [2.45, 2.75) is 19.8 Å². The Morgan fingerprint density at radius 2 is 2.32 bits per heavy atom. The first-order valence-corrected chi connectivity index (χ1v) is 6.10. The molecule has 0 N–H and O–H groups in total. The number of fused-ring (bicyclic) bond motifs is 1. The molecule has 5 nitrogen and oxygen atoms in total. The third kappa shape index (κ3) is 2.48. The van der Waals surface area contributed by atoms with E-state index in [0.717, 1.165) is 0 Å². The summed E-state index contributed by atoms with van der Waals surface area (Å²) in [7, 11) is 1.51. The number of methoxy groups -OCH3 is 1. The zero-order chi connectivity index (χ0) is 13.8. The van der Waals surface area contributed by atoms with E-state index in [1.54, 1.807) is 12.1 Å². The molecule has 1 aliphatic heterocycles. The molecule has 0 radical (unpaired) electrons. The summed E-state index contributed by atoms with van der Waals surface area (Å²) in [5, 5.41) is 8.75. The van der Waals surface area contributed by atoms with Crippen LogP contribution in [0.5, 0.6) is 17.2 Å². The minimum atomic E-state index is -0.296. The van der Waals surface area contributed by atoms with Crippen molar-refractivity contribution in [3.8, 4) is 23.3 Å². The molecule has 0 aromatic heterocycles. The van der Waals surface area contributed by atoms with Gasteiger partial charge in [0, 0.05) is 17.9 Å². The lowest BCUT2D eigenvalue weighted by atomic mass is 9.92. The van der Waals surface area contributed by atoms with Crippen LogP contribution in [-0.4, -0.2) is 19.7 Å². The average Bonchev–Trinajstić information content (AvgIpc) is 2.91. The summed E-state index contributed by atoms with van der Waals surface area (Å²) >= 11 is 0. The summed E-state index contributed by atoms with van der Waals surface area (Å²) < 4.78 is 15.8. The highest BCUT2D eigenvalue weighted by atomic mass is 16.7. The number of hydrogen-bond acceptors (Lipinski definition) is 5. The molecule has 100 valence electrons. The lowest BCUT2D eigenvalue weighted by Gasteiger charge is -2.12. The van der Waals surface area contributed by atoms with E-state index in [4.69, 9.17) is 19.5 Å². The van der Waals surface area contributed by atoms with Crippen LogP contribution in [0.3, 0.4) is 0 Å². The van der Waals surface area contributed by atoms with Gasteiger partial charge in [0.25, 0.3) is 0 Å². The number of nitriles is 1. The van der Waals surface area contributed by atoms with Gasteiger partial charge < -0.3 is 14.2 Å². The summed E-state index contributed by atoms with van der Waals surface area (Å²) in [4.78, 5) is 12.3. The molecule has 1 aromatic carbocycles. The van der Waals surface area contributed by atoms with Gasteiger partial charge in [0.15, 0.2) is 17.3 Å². The van der Waals surface area contributed by atoms with Gasteiger partial charge >= 0.3 is 0 Å². The molecule has 1 aromatic rings. The number of carbonyl (C=O) groups is 1. The normalized spacial score (nSPS) is 13.7. The summed E-state index contributed by atoms with van der Waals surface area (Å²) in [5.41, 5.74) is 0.489. The van der Waals surface area contributed by atoms with E-state index < -0.39 is 0 Å². The Balaban J connectivity index is 2.35. The molecule has 0 saturated heterocycles. The van der Waals surface area contributed by atoms with Crippen LogP contribution in [0.2, 0.25) is 0 Å². The fourth-order valence-corrected chi connectivity index (χ4v) is 2.04. The van der Waals surface area contributed by atoms with Gasteiger partial charge in [0.1, 0.15) is 0 Å². The molecule has 2 rings (SSSR count). The van der Waals surface area contributed by atoms with E-state index in [0.29, 0.717) is 29.2 Å². The lowest BCUT2D eigenvalue weighted by molar-refractivity contribution is 0.0918. The Kier molecular flexibility index (Phi) is 3.91. The molecule has 0 aliphatic carbocycles. The van der Waals surface area contributed by atoms with Gasteiger partial charge in [-0.3, -0.25) is 4.79 Å². The monoisotopic (exact) mass is 261 g/mol. The first-order valence-electron chi connectivity index (χ1n) is 6.10. The van der Waals surface area contributed by atoms with Gasteiger partial charge in [-0.15, -0.1) is 0 Å². The van der Waals surface area contributed by atoms with Crippen LogP contribution in [-0.2, 0) is 0 Å². The van der Waals surface area contributed by atoms with Crippen LogP contribution in [0, 0.1) is 17.2 Å². The molecule has 0 amide bonds. The fraction of sp³-hybridized carbons (Fsp3) is 0.429. The summed E-state index contributed by atoms with van der Waals surface area (Å²) in [6.45, 7) is 2.02. The zero-order valence-electron chi connectivity index (χ0n) is 10.9. The molecule has 0 fully saturated rings. The SMILES string of the molecule is CCC(CC#N)C(=O)c1cc(OC)c2c(c1)OCO2. The molecule has 1 unspecified atom stereocenters. The molecule has 1 aliphatic rings. The highest BCUT2D eigenvalue weighted by Gasteiger charge is 2.25. The van der Waals surface area contributed by atoms with Crippen LogP contribution in [0.15, 0.2) is 12.1 Å². The third-order valence-corrected chi connectivity index (χ3v) is 3.14. The average molecular weight is 261 g/mol. The number of nitrogens with zero attached hydrogens (tertiary/aromatic N) is 1. The molecule has 1 atom stereocenters. The number of benzene rings is 1. The molecular formula is C14H15NO4. The number of ketones is 1. The van der Waals surface area contributed by atoms with Crippen LogP contribution in [0.1, 0.15) is 30.1 Å². The van der Waals surface area contributed by atoms with E-state index in [2.05, 4.69) is 0 Å². The second-order valence-corrected chi connectivity index (χ2v) is 4.24. The van der Waals surface area contributed by atoms with Crippen LogP contribution in [0.25, 0.3) is 0 Å². The van der Waals surface area contributed by atoms with Gasteiger partial charge in [-0.1, -0.05) is 6.92 Å². The fourth-order valence-electron chi connectivity index (χ4n) is 2.04. The molecular weight excluding hydrogens is 246 g/mol. The summed E-state index contributed by atoms with van der Waals surface area (Å²) in [5.74, 6) is 1.14. The van der Waals surface area contributed by atoms with Crippen molar-refractivity contribution in [3.05, 3.63) is 17.7 Å². The van der Waals surface area contributed by atoms with Crippen molar-refractivity contribution in [2.24, 2.45) is 5.92 Å². The predicted molar refractivity (Wildman–Crippen MR) is 67.5 cm³/mol. The van der Waals surface area contributed by atoms with Gasteiger partial charge in [-0.05, 0) is 18.6 Å². The van der Waals surface area contributed by atoms with Crippen molar-refractivity contribution in [1.29, 1.82) is 5.26 Å². The van der Waals surface area contributed by atoms with Crippen molar-refractivity contribution in [2.75, 3.05) is 13.9 Å². The summed E-state index contributed by atoms with van der Waals surface area (Å²) in [6.07, 6.45) is 0.843. The minimum absolute atomic E-state index is 0.0688. The Bertz CT molecular complexity index is 533. The highest BCUT2D eigenvalue weighted by molar-refractivity contribution is 5.99. The maximum Gasteiger partial charge on any atom is 0.231 e. The first-order chi connectivity index (χ1) is 9.21. The smallest absolute Gasteiger partial charge is 0.231 e. The molecule has 19 heavy (non-hydrogen) atoms. The third-order valence-electron chi connectivity index (χ3n) is 3.14. The number of carbonyl (C=O) groups excluding carboxylic acids is 1. The van der Waals surface area contributed by atoms with Crippen molar-refractivity contribution in [1.82, 2.24) is 0 Å².